The Balaban J connectivity index is 1.81. The van der Waals surface area contributed by atoms with Crippen LogP contribution in [0.15, 0.2) is 18.2 Å². The predicted molar refractivity (Wildman–Crippen MR) is 149 cm³/mol. The number of carbonyl (C=O) groups is 1. The van der Waals surface area contributed by atoms with Crippen LogP contribution in [0, 0.1) is 0 Å². The van der Waals surface area contributed by atoms with E-state index in [0.29, 0.717) is 78.4 Å². The van der Waals surface area contributed by atoms with Crippen molar-refractivity contribution >= 4 is 5.97 Å². The first kappa shape index (κ1) is 33.5. The summed E-state index contributed by atoms with van der Waals surface area (Å²) in [5.41, 5.74) is 1.19. The van der Waals surface area contributed by atoms with Crippen molar-refractivity contribution in [1.82, 2.24) is 0 Å². The van der Waals surface area contributed by atoms with Gasteiger partial charge in [0.2, 0.25) is 0 Å². The standard InChI is InChI=1S/C30H50O9/c1-2-3-4-5-6-7-8-9-10-26-11-12-29(28(23-26)30(31)32)39-25-27-24-37-20-19-35-16-15-33-13-14-34-17-18-36-21-22-38-27/h11-12,23,27H,2-10,13-22,24-25H2,1H3,(H,31,32). The maximum Gasteiger partial charge on any atom is 0.339 e. The van der Waals surface area contributed by atoms with Gasteiger partial charge in [-0.25, -0.2) is 4.79 Å². The molecular formula is C30H50O9. The highest BCUT2D eigenvalue weighted by Crippen LogP contribution is 2.22. The van der Waals surface area contributed by atoms with Crippen LogP contribution < -0.4 is 4.74 Å². The van der Waals surface area contributed by atoms with Crippen LogP contribution in [0.3, 0.4) is 0 Å². The van der Waals surface area contributed by atoms with Gasteiger partial charge in [-0.3, -0.25) is 0 Å². The maximum atomic E-state index is 12.0. The largest absolute Gasteiger partial charge is 0.490 e. The Morgan fingerprint density at radius 2 is 1.31 bits per heavy atom. The Bertz CT molecular complexity index is 725. The zero-order chi connectivity index (χ0) is 27.8. The summed E-state index contributed by atoms with van der Waals surface area (Å²) in [6, 6.07) is 5.45. The molecule has 1 saturated heterocycles. The average Bonchev–Trinajstić information content (AvgIpc) is 2.94. The van der Waals surface area contributed by atoms with Gasteiger partial charge in [-0.2, -0.15) is 0 Å². The second-order valence-electron chi connectivity index (χ2n) is 9.69. The average molecular weight is 555 g/mol. The lowest BCUT2D eigenvalue weighted by atomic mass is 10.0. The van der Waals surface area contributed by atoms with Crippen LogP contribution in [0.4, 0.5) is 0 Å². The molecule has 224 valence electrons. The number of carboxylic acid groups (broad SMARTS) is 1. The molecule has 1 aromatic carbocycles. The second kappa shape index (κ2) is 23.0. The fourth-order valence-electron chi connectivity index (χ4n) is 4.18. The minimum absolute atomic E-state index is 0.162. The summed E-state index contributed by atoms with van der Waals surface area (Å²) in [6.45, 7) is 7.30. The summed E-state index contributed by atoms with van der Waals surface area (Å²) < 4.78 is 39.5. The third kappa shape index (κ3) is 16.8. The van der Waals surface area contributed by atoms with Crippen molar-refractivity contribution in [3.63, 3.8) is 0 Å². The molecule has 1 aliphatic heterocycles. The molecule has 1 fully saturated rings. The van der Waals surface area contributed by atoms with Crippen molar-refractivity contribution in [3.8, 4) is 5.75 Å². The van der Waals surface area contributed by atoms with Crippen molar-refractivity contribution in [2.24, 2.45) is 0 Å². The Morgan fingerprint density at radius 3 is 1.90 bits per heavy atom. The lowest BCUT2D eigenvalue weighted by molar-refractivity contribution is -0.0711. The lowest BCUT2D eigenvalue weighted by Crippen LogP contribution is -2.30. The normalized spacial score (nSPS) is 19.2. The molecule has 9 nitrogen and oxygen atoms in total. The smallest absolute Gasteiger partial charge is 0.339 e. The molecule has 0 bridgehead atoms. The van der Waals surface area contributed by atoms with E-state index >= 15 is 0 Å². The zero-order valence-electron chi connectivity index (χ0n) is 23.9. The maximum absolute atomic E-state index is 12.0. The molecule has 2 rings (SSSR count). The topological polar surface area (TPSA) is 102 Å². The first-order valence-corrected chi connectivity index (χ1v) is 14.7. The molecule has 1 unspecified atom stereocenters. The summed E-state index contributed by atoms with van der Waals surface area (Å²) in [5.74, 6) is -0.664. The third-order valence-electron chi connectivity index (χ3n) is 6.39. The molecule has 1 aliphatic rings. The SMILES string of the molecule is CCCCCCCCCCc1ccc(OCC2COCCOCCOCCOCCOCCO2)c(C(=O)O)c1. The molecule has 9 heteroatoms. The molecule has 0 aliphatic carbocycles. The molecule has 39 heavy (non-hydrogen) atoms. The third-order valence-corrected chi connectivity index (χ3v) is 6.39. The molecule has 1 N–H and O–H groups in total. The number of unbranched alkanes of at least 4 members (excludes halogenated alkanes) is 7. The van der Waals surface area contributed by atoms with Gasteiger partial charge in [0, 0.05) is 0 Å². The molecule has 0 amide bonds. The van der Waals surface area contributed by atoms with Crippen LogP contribution in [0.2, 0.25) is 0 Å². The highest BCUT2D eigenvalue weighted by Gasteiger charge is 2.16. The Morgan fingerprint density at radius 1 is 0.769 bits per heavy atom. The Hall–Kier alpha value is -1.75. The van der Waals surface area contributed by atoms with Crippen molar-refractivity contribution in [1.29, 1.82) is 0 Å². The minimum Gasteiger partial charge on any atom is -0.490 e. The van der Waals surface area contributed by atoms with Crippen molar-refractivity contribution in [3.05, 3.63) is 29.3 Å². The molecule has 0 aromatic heterocycles. The van der Waals surface area contributed by atoms with E-state index in [9.17, 15) is 9.90 Å². The Kier molecular flexibility index (Phi) is 19.7. The van der Waals surface area contributed by atoms with Gasteiger partial charge in [0.15, 0.2) is 0 Å². The van der Waals surface area contributed by atoms with Crippen LogP contribution in [0.1, 0.15) is 74.2 Å². The first-order valence-electron chi connectivity index (χ1n) is 14.7. The number of rotatable bonds is 13. The molecule has 0 saturated carbocycles. The summed E-state index contributed by atoms with van der Waals surface area (Å²) in [5, 5.41) is 9.79. The second-order valence-corrected chi connectivity index (χ2v) is 9.69. The fourth-order valence-corrected chi connectivity index (χ4v) is 4.18. The van der Waals surface area contributed by atoms with Gasteiger partial charge in [-0.1, -0.05) is 57.9 Å². The number of benzene rings is 1. The van der Waals surface area contributed by atoms with Crippen molar-refractivity contribution < 1.29 is 43.1 Å². The fraction of sp³-hybridized carbons (Fsp3) is 0.767. The van der Waals surface area contributed by atoms with Crippen LogP contribution in [-0.2, 0) is 34.8 Å². The highest BCUT2D eigenvalue weighted by molar-refractivity contribution is 5.91. The summed E-state index contributed by atoms with van der Waals surface area (Å²) in [7, 11) is 0. The monoisotopic (exact) mass is 554 g/mol. The van der Waals surface area contributed by atoms with E-state index in [1.807, 2.05) is 6.07 Å². The molecule has 0 radical (unpaired) electrons. The van der Waals surface area contributed by atoms with E-state index in [2.05, 4.69) is 6.92 Å². The van der Waals surface area contributed by atoms with Crippen LogP contribution >= 0.6 is 0 Å². The first-order chi connectivity index (χ1) is 19.2. The summed E-state index contributed by atoms with van der Waals surface area (Å²) in [4.78, 5) is 12.0. The number of hydrogen-bond acceptors (Lipinski definition) is 8. The van der Waals surface area contributed by atoms with Gasteiger partial charge >= 0.3 is 5.97 Å². The molecular weight excluding hydrogens is 504 g/mol. The van der Waals surface area contributed by atoms with Crippen LogP contribution in [-0.4, -0.2) is 96.5 Å². The summed E-state index contributed by atoms with van der Waals surface area (Å²) in [6.07, 6.45) is 10.5. The number of aromatic carboxylic acids is 1. The lowest BCUT2D eigenvalue weighted by Gasteiger charge is -2.20. The molecule has 1 aromatic rings. The van der Waals surface area contributed by atoms with E-state index in [0.717, 1.165) is 18.4 Å². The quantitative estimate of drug-likeness (QED) is 0.340. The van der Waals surface area contributed by atoms with Crippen LogP contribution in [0.25, 0.3) is 0 Å². The highest BCUT2D eigenvalue weighted by atomic mass is 16.6. The molecule has 1 heterocycles. The van der Waals surface area contributed by atoms with Gasteiger partial charge in [0.25, 0.3) is 0 Å². The molecule has 0 spiro atoms. The minimum atomic E-state index is -0.999. The zero-order valence-corrected chi connectivity index (χ0v) is 23.9. The molecule has 1 atom stereocenters. The number of hydrogen-bond donors (Lipinski definition) is 1. The Labute approximate surface area is 234 Å². The predicted octanol–water partition coefficient (Wildman–Crippen LogP) is 4.93. The van der Waals surface area contributed by atoms with E-state index in [1.54, 1.807) is 12.1 Å². The number of aryl methyl sites for hydroxylation is 1. The van der Waals surface area contributed by atoms with Crippen LogP contribution in [0.5, 0.6) is 5.75 Å². The van der Waals surface area contributed by atoms with Gasteiger partial charge < -0.3 is 38.3 Å². The van der Waals surface area contributed by atoms with E-state index < -0.39 is 5.97 Å². The van der Waals surface area contributed by atoms with E-state index in [4.69, 9.17) is 33.2 Å². The van der Waals surface area contributed by atoms with E-state index in [-0.39, 0.29) is 18.3 Å². The van der Waals surface area contributed by atoms with Crippen molar-refractivity contribution in [2.45, 2.75) is 70.8 Å². The van der Waals surface area contributed by atoms with Crippen molar-refractivity contribution in [2.75, 3.05) is 79.3 Å². The van der Waals surface area contributed by atoms with Gasteiger partial charge in [-0.05, 0) is 30.5 Å². The number of carboxylic acids is 1. The van der Waals surface area contributed by atoms with Gasteiger partial charge in [0.05, 0.1) is 72.7 Å². The van der Waals surface area contributed by atoms with Gasteiger partial charge in [0.1, 0.15) is 24.0 Å². The van der Waals surface area contributed by atoms with E-state index in [1.165, 1.54) is 44.9 Å². The van der Waals surface area contributed by atoms with Gasteiger partial charge in [-0.15, -0.1) is 0 Å². The number of ether oxygens (including phenoxy) is 7. The summed E-state index contributed by atoms with van der Waals surface area (Å²) >= 11 is 0.